The van der Waals surface area contributed by atoms with Gasteiger partial charge in [-0.15, -0.1) is 10.2 Å². The molecular weight excluding hydrogens is 200 g/mol. The molecule has 0 saturated carbocycles. The Morgan fingerprint density at radius 3 is 2.71 bits per heavy atom. The van der Waals surface area contributed by atoms with Crippen molar-refractivity contribution >= 4 is 16.5 Å². The molecule has 6 heteroatoms. The number of methoxy groups -OCH3 is 1. The number of anilines is 1. The first-order chi connectivity index (χ1) is 6.79. The van der Waals surface area contributed by atoms with Crippen molar-refractivity contribution in [3.8, 4) is 16.5 Å². The largest absolute Gasteiger partial charge is 0.481 e. The second-order valence-corrected chi connectivity index (χ2v) is 3.54. The molecule has 0 aliphatic carbocycles. The molecule has 0 bridgehead atoms. The molecule has 0 aliphatic rings. The molecular formula is C8H8N4OS. The fraction of sp³-hybridized carbons (Fsp3) is 0.125. The van der Waals surface area contributed by atoms with Gasteiger partial charge >= 0.3 is 0 Å². The number of pyridine rings is 1. The third-order valence-corrected chi connectivity index (χ3v) is 2.43. The van der Waals surface area contributed by atoms with Crippen LogP contribution in [0.25, 0.3) is 10.6 Å². The van der Waals surface area contributed by atoms with E-state index in [0.717, 1.165) is 10.6 Å². The number of hydrogen-bond donors (Lipinski definition) is 1. The molecule has 2 aromatic heterocycles. The predicted molar refractivity (Wildman–Crippen MR) is 54.1 cm³/mol. The molecule has 14 heavy (non-hydrogen) atoms. The first-order valence-corrected chi connectivity index (χ1v) is 4.70. The van der Waals surface area contributed by atoms with E-state index in [9.17, 15) is 0 Å². The van der Waals surface area contributed by atoms with Crippen LogP contribution in [0.5, 0.6) is 5.88 Å². The van der Waals surface area contributed by atoms with Gasteiger partial charge in [0.05, 0.1) is 7.11 Å². The van der Waals surface area contributed by atoms with Crippen molar-refractivity contribution in [3.63, 3.8) is 0 Å². The van der Waals surface area contributed by atoms with Crippen LogP contribution in [-0.2, 0) is 0 Å². The van der Waals surface area contributed by atoms with Crippen molar-refractivity contribution in [2.24, 2.45) is 0 Å². The molecule has 72 valence electrons. The van der Waals surface area contributed by atoms with Gasteiger partial charge < -0.3 is 10.5 Å². The summed E-state index contributed by atoms with van der Waals surface area (Å²) >= 11 is 1.33. The van der Waals surface area contributed by atoms with Crippen molar-refractivity contribution < 1.29 is 4.74 Å². The van der Waals surface area contributed by atoms with Crippen molar-refractivity contribution in [3.05, 3.63) is 18.3 Å². The van der Waals surface area contributed by atoms with Crippen LogP contribution in [0, 0.1) is 0 Å². The minimum Gasteiger partial charge on any atom is -0.481 e. The number of ether oxygens (including phenoxy) is 1. The number of nitrogen functional groups attached to an aromatic ring is 1. The Labute approximate surface area is 84.6 Å². The smallest absolute Gasteiger partial charge is 0.212 e. The number of nitrogens with zero attached hydrogens (tertiary/aromatic N) is 3. The highest BCUT2D eigenvalue weighted by atomic mass is 32.1. The summed E-state index contributed by atoms with van der Waals surface area (Å²) < 4.78 is 4.94. The van der Waals surface area contributed by atoms with E-state index >= 15 is 0 Å². The lowest BCUT2D eigenvalue weighted by atomic mass is 10.3. The molecule has 0 aromatic carbocycles. The Hall–Kier alpha value is -1.69. The predicted octanol–water partition coefficient (Wildman–Crippen LogP) is 1.19. The van der Waals surface area contributed by atoms with E-state index in [0.29, 0.717) is 11.0 Å². The fourth-order valence-corrected chi connectivity index (χ4v) is 1.58. The van der Waals surface area contributed by atoms with Gasteiger partial charge in [0.2, 0.25) is 11.0 Å². The molecule has 2 aromatic rings. The van der Waals surface area contributed by atoms with Crippen LogP contribution in [0.4, 0.5) is 5.13 Å². The SMILES string of the molecule is COc1ccc(-c2nnc(N)s2)cn1. The van der Waals surface area contributed by atoms with Crippen LogP contribution in [0.2, 0.25) is 0 Å². The highest BCUT2D eigenvalue weighted by Gasteiger charge is 2.04. The van der Waals surface area contributed by atoms with Crippen LogP contribution in [0.3, 0.4) is 0 Å². The number of rotatable bonds is 2. The van der Waals surface area contributed by atoms with E-state index in [2.05, 4.69) is 15.2 Å². The lowest BCUT2D eigenvalue weighted by Crippen LogP contribution is -1.86. The Kier molecular flexibility index (Phi) is 2.28. The second-order valence-electron chi connectivity index (χ2n) is 2.53. The minimum absolute atomic E-state index is 0.454. The van der Waals surface area contributed by atoms with E-state index in [4.69, 9.17) is 10.5 Å². The first kappa shape index (κ1) is 8.89. The molecule has 0 unspecified atom stereocenters. The zero-order valence-electron chi connectivity index (χ0n) is 7.47. The molecule has 2 rings (SSSR count). The molecule has 0 fully saturated rings. The summed E-state index contributed by atoms with van der Waals surface area (Å²) in [5.41, 5.74) is 6.36. The number of hydrogen-bond acceptors (Lipinski definition) is 6. The average molecular weight is 208 g/mol. The topological polar surface area (TPSA) is 73.9 Å². The maximum Gasteiger partial charge on any atom is 0.212 e. The van der Waals surface area contributed by atoms with Crippen molar-refractivity contribution in [2.75, 3.05) is 12.8 Å². The highest BCUT2D eigenvalue weighted by molar-refractivity contribution is 7.18. The van der Waals surface area contributed by atoms with E-state index in [1.54, 1.807) is 19.4 Å². The zero-order valence-corrected chi connectivity index (χ0v) is 8.28. The molecule has 0 atom stereocenters. The van der Waals surface area contributed by atoms with Crippen LogP contribution in [0.1, 0.15) is 0 Å². The van der Waals surface area contributed by atoms with Crippen LogP contribution in [-0.4, -0.2) is 22.3 Å². The molecule has 0 saturated heterocycles. The van der Waals surface area contributed by atoms with Gasteiger partial charge in [-0.05, 0) is 6.07 Å². The van der Waals surface area contributed by atoms with Gasteiger partial charge in [0.25, 0.3) is 0 Å². The molecule has 5 nitrogen and oxygen atoms in total. The second kappa shape index (κ2) is 3.59. The number of nitrogens with two attached hydrogens (primary N) is 1. The van der Waals surface area contributed by atoms with E-state index in [1.165, 1.54) is 11.3 Å². The summed E-state index contributed by atoms with van der Waals surface area (Å²) in [6.07, 6.45) is 1.68. The summed E-state index contributed by atoms with van der Waals surface area (Å²) in [5, 5.41) is 8.84. The van der Waals surface area contributed by atoms with E-state index in [-0.39, 0.29) is 0 Å². The van der Waals surface area contributed by atoms with E-state index in [1.807, 2.05) is 6.07 Å². The average Bonchev–Trinajstić information content (AvgIpc) is 2.65. The van der Waals surface area contributed by atoms with Crippen molar-refractivity contribution in [2.45, 2.75) is 0 Å². The maximum atomic E-state index is 5.47. The lowest BCUT2D eigenvalue weighted by molar-refractivity contribution is 0.398. The zero-order chi connectivity index (χ0) is 9.97. The third kappa shape index (κ3) is 1.64. The minimum atomic E-state index is 0.454. The highest BCUT2D eigenvalue weighted by Crippen LogP contribution is 2.24. The van der Waals surface area contributed by atoms with E-state index < -0.39 is 0 Å². The normalized spacial score (nSPS) is 10.1. The molecule has 0 aliphatic heterocycles. The number of aromatic nitrogens is 3. The quantitative estimate of drug-likeness (QED) is 0.802. The fourth-order valence-electron chi connectivity index (χ4n) is 0.979. The molecule has 0 radical (unpaired) electrons. The van der Waals surface area contributed by atoms with Crippen LogP contribution < -0.4 is 10.5 Å². The van der Waals surface area contributed by atoms with Gasteiger partial charge in [-0.25, -0.2) is 4.98 Å². The van der Waals surface area contributed by atoms with Gasteiger partial charge in [-0.2, -0.15) is 0 Å². The Bertz CT molecular complexity index is 425. The van der Waals surface area contributed by atoms with Gasteiger partial charge in [-0.1, -0.05) is 11.3 Å². The first-order valence-electron chi connectivity index (χ1n) is 3.89. The summed E-state index contributed by atoms with van der Waals surface area (Å²) in [7, 11) is 1.57. The van der Waals surface area contributed by atoms with Crippen molar-refractivity contribution in [1.29, 1.82) is 0 Å². The van der Waals surface area contributed by atoms with Crippen LogP contribution >= 0.6 is 11.3 Å². The van der Waals surface area contributed by atoms with Crippen molar-refractivity contribution in [1.82, 2.24) is 15.2 Å². The molecule has 0 spiro atoms. The standard InChI is InChI=1S/C8H8N4OS/c1-13-6-3-2-5(4-10-6)7-11-12-8(9)14-7/h2-4H,1H3,(H2,9,12). The van der Waals surface area contributed by atoms with Crippen LogP contribution in [0.15, 0.2) is 18.3 Å². The summed E-state index contributed by atoms with van der Waals surface area (Å²) in [4.78, 5) is 4.06. The summed E-state index contributed by atoms with van der Waals surface area (Å²) in [5.74, 6) is 0.575. The molecule has 2 N–H and O–H groups in total. The monoisotopic (exact) mass is 208 g/mol. The maximum absolute atomic E-state index is 5.47. The van der Waals surface area contributed by atoms with Gasteiger partial charge in [0.1, 0.15) is 0 Å². The molecule has 2 heterocycles. The molecule has 0 amide bonds. The Balaban J connectivity index is 2.33. The van der Waals surface area contributed by atoms with Gasteiger partial charge in [0, 0.05) is 17.8 Å². The lowest BCUT2D eigenvalue weighted by Gasteiger charge is -1.97. The Morgan fingerprint density at radius 1 is 1.36 bits per heavy atom. The summed E-state index contributed by atoms with van der Waals surface area (Å²) in [6, 6.07) is 3.64. The Morgan fingerprint density at radius 2 is 2.21 bits per heavy atom. The summed E-state index contributed by atoms with van der Waals surface area (Å²) in [6.45, 7) is 0. The van der Waals surface area contributed by atoms with Gasteiger partial charge in [-0.3, -0.25) is 0 Å². The third-order valence-electron chi connectivity index (χ3n) is 1.63. The van der Waals surface area contributed by atoms with Gasteiger partial charge in [0.15, 0.2) is 5.01 Å².